The number of ether oxygens (including phenoxy) is 3. The molecular formula is C24H18ClFN2O7. The molecule has 1 unspecified atom stereocenters. The number of esters is 2. The average Bonchev–Trinajstić information content (AvgIpc) is 3.31. The standard InChI is InChI=1S/C24H18ClFN2O7/c25-13-23-21(33-19(30)14-7-3-1-4-8-14)24(23,35-20(31)15-9-5-2-6-10-15)17(26)18(34-23)28-12-11-16(29)27-22(28)32/h1-12,17-18,21H,13H2,(H,27,29,32)/t17-,18+,21?,23+,24+/m0/s1. The Hall–Kier alpha value is -3.76. The number of H-pyrrole nitrogens is 1. The summed E-state index contributed by atoms with van der Waals surface area (Å²) in [5, 5.41) is 0. The van der Waals surface area contributed by atoms with Crippen molar-refractivity contribution in [2.75, 3.05) is 5.88 Å². The maximum Gasteiger partial charge on any atom is 0.339 e. The van der Waals surface area contributed by atoms with Gasteiger partial charge >= 0.3 is 17.6 Å². The van der Waals surface area contributed by atoms with Gasteiger partial charge in [0.1, 0.15) is 0 Å². The normalized spacial score (nSPS) is 28.7. The molecule has 5 rings (SSSR count). The van der Waals surface area contributed by atoms with Crippen LogP contribution in [0.25, 0.3) is 0 Å². The Balaban J connectivity index is 1.53. The van der Waals surface area contributed by atoms with Gasteiger partial charge in [-0.15, -0.1) is 11.6 Å². The highest BCUT2D eigenvalue weighted by molar-refractivity contribution is 6.19. The minimum absolute atomic E-state index is 0.127. The van der Waals surface area contributed by atoms with Gasteiger partial charge in [0, 0.05) is 12.3 Å². The number of fused-ring (bicyclic) bond motifs is 1. The second-order valence-electron chi connectivity index (χ2n) is 8.15. The van der Waals surface area contributed by atoms with Crippen LogP contribution < -0.4 is 11.2 Å². The number of rotatable bonds is 6. The lowest BCUT2D eigenvalue weighted by atomic mass is 10.1. The summed E-state index contributed by atoms with van der Waals surface area (Å²) >= 11 is 6.20. The van der Waals surface area contributed by atoms with Gasteiger partial charge in [0.05, 0.1) is 17.0 Å². The molecule has 35 heavy (non-hydrogen) atoms. The Bertz CT molecular complexity index is 1400. The Morgan fingerprint density at radius 3 is 2.17 bits per heavy atom. The summed E-state index contributed by atoms with van der Waals surface area (Å²) < 4.78 is 34.0. The molecule has 0 radical (unpaired) electrons. The van der Waals surface area contributed by atoms with Crippen LogP contribution in [0.4, 0.5) is 4.39 Å². The molecule has 1 N–H and O–H groups in total. The number of nitrogens with one attached hydrogen (secondary N) is 1. The molecule has 1 aromatic heterocycles. The summed E-state index contributed by atoms with van der Waals surface area (Å²) in [5.41, 5.74) is -5.21. The van der Waals surface area contributed by atoms with Gasteiger partial charge in [-0.05, 0) is 24.3 Å². The number of hydrogen-bond acceptors (Lipinski definition) is 7. The fourth-order valence-electron chi connectivity index (χ4n) is 4.43. The van der Waals surface area contributed by atoms with Crippen molar-refractivity contribution in [3.05, 3.63) is 105 Å². The molecule has 11 heteroatoms. The lowest BCUT2D eigenvalue weighted by Crippen LogP contribution is -2.42. The molecule has 180 valence electrons. The monoisotopic (exact) mass is 500 g/mol. The third kappa shape index (κ3) is 3.48. The molecule has 2 aliphatic rings. The van der Waals surface area contributed by atoms with E-state index in [9.17, 15) is 19.2 Å². The zero-order valence-corrected chi connectivity index (χ0v) is 18.7. The van der Waals surface area contributed by atoms with Crippen molar-refractivity contribution >= 4 is 23.5 Å². The summed E-state index contributed by atoms with van der Waals surface area (Å²) in [7, 11) is 0. The Morgan fingerprint density at radius 1 is 1.00 bits per heavy atom. The van der Waals surface area contributed by atoms with Gasteiger partial charge in [0.2, 0.25) is 5.60 Å². The smallest absolute Gasteiger partial charge is 0.339 e. The van der Waals surface area contributed by atoms with E-state index in [1.54, 1.807) is 36.4 Å². The lowest BCUT2D eigenvalue weighted by molar-refractivity contribution is -0.0925. The maximum absolute atomic E-state index is 16.2. The number of aromatic nitrogens is 2. The molecule has 1 aliphatic carbocycles. The first-order chi connectivity index (χ1) is 16.8. The van der Waals surface area contributed by atoms with Gasteiger partial charge in [0.25, 0.3) is 5.56 Å². The molecule has 5 atom stereocenters. The molecule has 2 aromatic carbocycles. The van der Waals surface area contributed by atoms with Crippen molar-refractivity contribution < 1.29 is 28.2 Å². The van der Waals surface area contributed by atoms with Crippen molar-refractivity contribution in [2.24, 2.45) is 0 Å². The predicted octanol–water partition coefficient (Wildman–Crippen LogP) is 2.22. The van der Waals surface area contributed by atoms with E-state index in [4.69, 9.17) is 25.8 Å². The Kier molecular flexibility index (Phi) is 5.57. The third-order valence-electron chi connectivity index (χ3n) is 6.21. The summed E-state index contributed by atoms with van der Waals surface area (Å²) in [6, 6.07) is 16.8. The van der Waals surface area contributed by atoms with E-state index in [2.05, 4.69) is 0 Å². The zero-order valence-electron chi connectivity index (χ0n) is 17.9. The van der Waals surface area contributed by atoms with E-state index in [1.807, 2.05) is 4.98 Å². The largest absolute Gasteiger partial charge is 0.451 e. The Labute approximate surface area is 202 Å². The highest BCUT2D eigenvalue weighted by atomic mass is 35.5. The first kappa shape index (κ1) is 23.0. The molecule has 3 aromatic rings. The zero-order chi connectivity index (χ0) is 24.8. The quantitative estimate of drug-likeness (QED) is 0.407. The van der Waals surface area contributed by atoms with Gasteiger partial charge in [-0.3, -0.25) is 14.3 Å². The minimum atomic E-state index is -2.17. The third-order valence-corrected chi connectivity index (χ3v) is 6.61. The molecule has 2 fully saturated rings. The van der Waals surface area contributed by atoms with E-state index in [0.717, 1.165) is 16.8 Å². The number of benzene rings is 2. The molecule has 2 heterocycles. The van der Waals surface area contributed by atoms with E-state index < -0.39 is 58.8 Å². The van der Waals surface area contributed by atoms with Gasteiger partial charge < -0.3 is 14.2 Å². The fraction of sp³-hybridized carbons (Fsp3) is 0.250. The van der Waals surface area contributed by atoms with Crippen molar-refractivity contribution in [1.82, 2.24) is 9.55 Å². The van der Waals surface area contributed by atoms with E-state index in [0.29, 0.717) is 0 Å². The number of carbonyl (C=O) groups is 2. The molecule has 9 nitrogen and oxygen atoms in total. The molecule has 1 saturated heterocycles. The maximum atomic E-state index is 16.2. The van der Waals surface area contributed by atoms with Crippen LogP contribution in [0.2, 0.25) is 0 Å². The fourth-order valence-corrected chi connectivity index (χ4v) is 4.85. The molecule has 0 spiro atoms. The number of aromatic amines is 1. The van der Waals surface area contributed by atoms with E-state index >= 15 is 4.39 Å². The molecule has 0 amide bonds. The number of nitrogens with zero attached hydrogens (tertiary/aromatic N) is 1. The molecule has 1 aliphatic heterocycles. The van der Waals surface area contributed by atoms with Crippen molar-refractivity contribution in [3.63, 3.8) is 0 Å². The summed E-state index contributed by atoms with van der Waals surface area (Å²) in [6.07, 6.45) is -4.11. The highest BCUT2D eigenvalue weighted by Crippen LogP contribution is 2.67. The van der Waals surface area contributed by atoms with Gasteiger partial charge in [-0.1, -0.05) is 36.4 Å². The first-order valence-electron chi connectivity index (χ1n) is 10.6. The number of halogens is 2. The second-order valence-corrected chi connectivity index (χ2v) is 8.42. The molecular weight excluding hydrogens is 483 g/mol. The van der Waals surface area contributed by atoms with Crippen molar-refractivity contribution in [3.8, 4) is 0 Å². The van der Waals surface area contributed by atoms with E-state index in [1.165, 1.54) is 24.3 Å². The van der Waals surface area contributed by atoms with Crippen LogP contribution in [0.5, 0.6) is 0 Å². The topological polar surface area (TPSA) is 117 Å². The number of carbonyl (C=O) groups excluding carboxylic acids is 2. The summed E-state index contributed by atoms with van der Waals surface area (Å²) in [4.78, 5) is 51.5. The van der Waals surface area contributed by atoms with Crippen molar-refractivity contribution in [2.45, 2.75) is 29.7 Å². The average molecular weight is 501 g/mol. The predicted molar refractivity (Wildman–Crippen MR) is 120 cm³/mol. The van der Waals surface area contributed by atoms with Crippen LogP contribution >= 0.6 is 11.6 Å². The van der Waals surface area contributed by atoms with Crippen molar-refractivity contribution in [1.29, 1.82) is 0 Å². The van der Waals surface area contributed by atoms with Gasteiger partial charge in [-0.25, -0.2) is 18.8 Å². The van der Waals surface area contributed by atoms with Crippen LogP contribution in [0, 0.1) is 0 Å². The lowest BCUT2D eigenvalue weighted by Gasteiger charge is -2.24. The first-order valence-corrected chi connectivity index (χ1v) is 11.1. The number of hydrogen-bond donors (Lipinski definition) is 1. The second kappa shape index (κ2) is 8.47. The number of alkyl halides is 2. The van der Waals surface area contributed by atoms with Crippen LogP contribution in [0.1, 0.15) is 26.9 Å². The molecule has 1 saturated carbocycles. The minimum Gasteiger partial charge on any atom is -0.451 e. The summed E-state index contributed by atoms with van der Waals surface area (Å²) in [6.45, 7) is 0. The van der Waals surface area contributed by atoms with Crippen LogP contribution in [0.3, 0.4) is 0 Å². The van der Waals surface area contributed by atoms with Gasteiger partial charge in [-0.2, -0.15) is 0 Å². The summed E-state index contributed by atoms with van der Waals surface area (Å²) in [5.74, 6) is -2.10. The van der Waals surface area contributed by atoms with Crippen LogP contribution in [-0.4, -0.2) is 50.8 Å². The highest BCUT2D eigenvalue weighted by Gasteiger charge is 2.93. The Morgan fingerprint density at radius 2 is 1.60 bits per heavy atom. The van der Waals surface area contributed by atoms with Gasteiger partial charge in [0.15, 0.2) is 24.1 Å². The van der Waals surface area contributed by atoms with E-state index in [-0.39, 0.29) is 11.1 Å². The van der Waals surface area contributed by atoms with Crippen LogP contribution in [-0.2, 0) is 14.2 Å². The SMILES string of the molecule is O=C(OC1[C@@]2(CCl)O[C@@H](n3ccc(=O)[nH]c3=O)[C@H](F)[C@@]12OC(=O)c1ccccc1)c1ccccc1. The van der Waals surface area contributed by atoms with Crippen LogP contribution in [0.15, 0.2) is 82.5 Å². The molecule has 0 bridgehead atoms.